The molecule has 2 aromatic carbocycles. The van der Waals surface area contributed by atoms with Gasteiger partial charge in [-0.1, -0.05) is 40.2 Å². The molecule has 0 radical (unpaired) electrons. The van der Waals surface area contributed by atoms with E-state index in [1.54, 1.807) is 30.3 Å². The summed E-state index contributed by atoms with van der Waals surface area (Å²) in [6.07, 6.45) is -0.639. The monoisotopic (exact) mass is 414 g/mol. The van der Waals surface area contributed by atoms with E-state index in [0.29, 0.717) is 17.5 Å². The van der Waals surface area contributed by atoms with E-state index in [9.17, 15) is 19.5 Å². The summed E-state index contributed by atoms with van der Waals surface area (Å²) >= 11 is 3.41. The van der Waals surface area contributed by atoms with E-state index in [-0.39, 0.29) is 19.0 Å². The number of benzene rings is 2. The molecule has 6 nitrogen and oxygen atoms in total. The van der Waals surface area contributed by atoms with Gasteiger partial charge in [0.1, 0.15) is 6.04 Å². The molecule has 2 aromatic rings. The van der Waals surface area contributed by atoms with Gasteiger partial charge in [-0.25, -0.2) is 4.79 Å². The third kappa shape index (κ3) is 2.59. The summed E-state index contributed by atoms with van der Waals surface area (Å²) in [4.78, 5) is 39.9. The summed E-state index contributed by atoms with van der Waals surface area (Å²) in [5.74, 6) is -0.878. The van der Waals surface area contributed by atoms with Gasteiger partial charge in [-0.05, 0) is 41.3 Å². The van der Waals surface area contributed by atoms with Gasteiger partial charge in [-0.15, -0.1) is 0 Å². The fraction of sp³-hybridized carbons (Fsp3) is 0.211. The van der Waals surface area contributed by atoms with Gasteiger partial charge in [0.05, 0.1) is 6.54 Å². The predicted molar refractivity (Wildman–Crippen MR) is 96.6 cm³/mol. The van der Waals surface area contributed by atoms with Crippen LogP contribution in [0, 0.1) is 0 Å². The first-order valence-corrected chi connectivity index (χ1v) is 8.98. The zero-order valence-corrected chi connectivity index (χ0v) is 15.3. The van der Waals surface area contributed by atoms with Gasteiger partial charge in [-0.3, -0.25) is 19.4 Å². The average molecular weight is 415 g/mol. The molecule has 132 valence electrons. The van der Waals surface area contributed by atoms with Crippen molar-refractivity contribution in [1.82, 2.24) is 9.80 Å². The molecule has 3 amide bonds. The van der Waals surface area contributed by atoms with Crippen molar-refractivity contribution in [2.24, 2.45) is 0 Å². The Morgan fingerprint density at radius 1 is 1.12 bits per heavy atom. The number of carbonyl (C=O) groups is 3. The highest BCUT2D eigenvalue weighted by atomic mass is 79.9. The minimum absolute atomic E-state index is 0.170. The Bertz CT molecular complexity index is 943. The quantitative estimate of drug-likeness (QED) is 0.726. The molecule has 0 bridgehead atoms. The van der Waals surface area contributed by atoms with Crippen molar-refractivity contribution in [3.05, 3.63) is 69.2 Å². The number of nitrogens with zero attached hydrogens (tertiary/aromatic N) is 2. The van der Waals surface area contributed by atoms with Crippen molar-refractivity contribution < 1.29 is 19.5 Å². The minimum atomic E-state index is -1.17. The van der Waals surface area contributed by atoms with E-state index >= 15 is 0 Å². The zero-order chi connectivity index (χ0) is 18.4. The van der Waals surface area contributed by atoms with Crippen LogP contribution < -0.4 is 0 Å². The van der Waals surface area contributed by atoms with Crippen molar-refractivity contribution in [2.75, 3.05) is 6.54 Å². The fourth-order valence-corrected chi connectivity index (χ4v) is 4.06. The Hall–Kier alpha value is -2.67. The molecule has 0 saturated heterocycles. The van der Waals surface area contributed by atoms with Crippen molar-refractivity contribution in [3.63, 3.8) is 0 Å². The van der Waals surface area contributed by atoms with Gasteiger partial charge in [0.2, 0.25) is 0 Å². The standard InChI is InChI=1S/C19H15BrN2O4/c20-13-5-6-14-11(9-13)7-8-21(19(25)26)16(14)18(24)22-10-12-3-1-2-4-15(12)17(22)23/h1-6,9,16H,7-8,10H2,(H,25,26)/t16-/m0/s1. The number of imide groups is 1. The highest BCUT2D eigenvalue weighted by molar-refractivity contribution is 9.10. The lowest BCUT2D eigenvalue weighted by Gasteiger charge is -2.36. The molecule has 0 unspecified atom stereocenters. The van der Waals surface area contributed by atoms with Crippen molar-refractivity contribution in [2.45, 2.75) is 19.0 Å². The molecule has 7 heteroatoms. The second-order valence-electron chi connectivity index (χ2n) is 6.36. The van der Waals surface area contributed by atoms with Crippen LogP contribution in [0.4, 0.5) is 4.79 Å². The lowest BCUT2D eigenvalue weighted by molar-refractivity contribution is -0.134. The van der Waals surface area contributed by atoms with Crippen LogP contribution in [0.3, 0.4) is 0 Å². The second-order valence-corrected chi connectivity index (χ2v) is 7.27. The van der Waals surface area contributed by atoms with Crippen LogP contribution in [0.2, 0.25) is 0 Å². The van der Waals surface area contributed by atoms with Crippen LogP contribution in [-0.4, -0.2) is 39.4 Å². The topological polar surface area (TPSA) is 77.9 Å². The molecule has 4 rings (SSSR count). The highest BCUT2D eigenvalue weighted by Gasteiger charge is 2.42. The molecule has 2 aliphatic heterocycles. The Morgan fingerprint density at radius 2 is 1.88 bits per heavy atom. The molecule has 0 fully saturated rings. The number of amides is 3. The maximum absolute atomic E-state index is 13.2. The Morgan fingerprint density at radius 3 is 2.62 bits per heavy atom. The molecule has 26 heavy (non-hydrogen) atoms. The number of hydrogen-bond acceptors (Lipinski definition) is 3. The SMILES string of the molecule is O=C1c2ccccc2CN1C(=O)[C@@H]1c2ccc(Br)cc2CCN1C(=O)O. The number of fused-ring (bicyclic) bond motifs is 2. The highest BCUT2D eigenvalue weighted by Crippen LogP contribution is 2.35. The largest absolute Gasteiger partial charge is 0.465 e. The predicted octanol–water partition coefficient (Wildman–Crippen LogP) is 3.21. The van der Waals surface area contributed by atoms with Gasteiger partial charge >= 0.3 is 6.09 Å². The van der Waals surface area contributed by atoms with Gasteiger partial charge in [-0.2, -0.15) is 0 Å². The van der Waals surface area contributed by atoms with Crippen LogP contribution in [0.1, 0.15) is 33.1 Å². The molecule has 0 saturated carbocycles. The summed E-state index contributed by atoms with van der Waals surface area (Å²) in [6, 6.07) is 11.5. The fourth-order valence-electron chi connectivity index (χ4n) is 3.65. The van der Waals surface area contributed by atoms with Crippen molar-refractivity contribution in [1.29, 1.82) is 0 Å². The van der Waals surface area contributed by atoms with E-state index in [1.165, 1.54) is 0 Å². The summed E-state index contributed by atoms with van der Waals surface area (Å²) in [5.41, 5.74) is 2.82. The third-order valence-corrected chi connectivity index (χ3v) is 5.39. The Balaban J connectivity index is 1.74. The maximum Gasteiger partial charge on any atom is 0.408 e. The summed E-state index contributed by atoms with van der Waals surface area (Å²) in [6.45, 7) is 0.383. The number of carboxylic acid groups (broad SMARTS) is 1. The molecule has 0 aliphatic carbocycles. The van der Waals surface area contributed by atoms with E-state index < -0.39 is 18.0 Å². The zero-order valence-electron chi connectivity index (χ0n) is 13.7. The number of halogens is 1. The van der Waals surface area contributed by atoms with Crippen LogP contribution in [-0.2, 0) is 17.8 Å². The Labute approximate surface area is 158 Å². The lowest BCUT2D eigenvalue weighted by Crippen LogP contribution is -2.48. The maximum atomic E-state index is 13.2. The molecule has 1 atom stereocenters. The smallest absolute Gasteiger partial charge is 0.408 e. The normalized spacial score (nSPS) is 18.5. The minimum Gasteiger partial charge on any atom is -0.465 e. The third-order valence-electron chi connectivity index (χ3n) is 4.90. The van der Waals surface area contributed by atoms with E-state index in [1.807, 2.05) is 12.1 Å². The number of rotatable bonds is 1. The number of hydrogen-bond donors (Lipinski definition) is 1. The number of carbonyl (C=O) groups excluding carboxylic acids is 2. The first-order valence-electron chi connectivity index (χ1n) is 8.19. The summed E-state index contributed by atoms with van der Waals surface area (Å²) in [7, 11) is 0. The summed E-state index contributed by atoms with van der Waals surface area (Å²) in [5, 5.41) is 9.58. The van der Waals surface area contributed by atoms with Crippen molar-refractivity contribution >= 4 is 33.8 Å². The van der Waals surface area contributed by atoms with Crippen LogP contribution in [0.25, 0.3) is 0 Å². The average Bonchev–Trinajstić information content (AvgIpc) is 2.97. The molecule has 0 spiro atoms. The lowest BCUT2D eigenvalue weighted by atomic mass is 9.92. The van der Waals surface area contributed by atoms with E-state index in [2.05, 4.69) is 15.9 Å². The second kappa shape index (κ2) is 6.25. The molecule has 0 aromatic heterocycles. The van der Waals surface area contributed by atoms with Crippen molar-refractivity contribution in [3.8, 4) is 0 Å². The Kier molecular flexibility index (Phi) is 4.03. The summed E-state index contributed by atoms with van der Waals surface area (Å²) < 4.78 is 0.871. The molecular formula is C19H15BrN2O4. The molecule has 1 N–H and O–H groups in total. The van der Waals surface area contributed by atoms with Gasteiger partial charge < -0.3 is 5.11 Å². The van der Waals surface area contributed by atoms with E-state index in [4.69, 9.17) is 0 Å². The van der Waals surface area contributed by atoms with Gasteiger partial charge in [0.15, 0.2) is 0 Å². The first kappa shape index (κ1) is 16.8. The van der Waals surface area contributed by atoms with Gasteiger partial charge in [0, 0.05) is 16.6 Å². The first-order chi connectivity index (χ1) is 12.5. The molecule has 2 heterocycles. The molecule has 2 aliphatic rings. The molecular weight excluding hydrogens is 400 g/mol. The van der Waals surface area contributed by atoms with Gasteiger partial charge in [0.25, 0.3) is 11.8 Å². The van der Waals surface area contributed by atoms with Crippen LogP contribution >= 0.6 is 15.9 Å². The van der Waals surface area contributed by atoms with E-state index in [0.717, 1.165) is 25.4 Å². The van der Waals surface area contributed by atoms with Crippen LogP contribution in [0.5, 0.6) is 0 Å². The van der Waals surface area contributed by atoms with Crippen LogP contribution in [0.15, 0.2) is 46.9 Å².